The van der Waals surface area contributed by atoms with Crippen LogP contribution in [0.25, 0.3) is 0 Å². The number of carbonyl (C=O) groups is 2. The highest BCUT2D eigenvalue weighted by molar-refractivity contribution is 5.81. The van der Waals surface area contributed by atoms with Gasteiger partial charge in [0.2, 0.25) is 11.8 Å². The summed E-state index contributed by atoms with van der Waals surface area (Å²) in [7, 11) is 0. The SMILES string of the molecule is Cc1n[nH]c(C)c1CCCNC(=O)C1CCN(C(=O)C2CCC2)CC1. The van der Waals surface area contributed by atoms with Gasteiger partial charge in [0.05, 0.1) is 5.69 Å². The molecule has 0 radical (unpaired) electrons. The second-order valence-electron chi connectivity index (χ2n) is 7.53. The Bertz CT molecular complexity index is 593. The molecule has 1 saturated heterocycles. The van der Waals surface area contributed by atoms with Crippen molar-refractivity contribution in [3.05, 3.63) is 17.0 Å². The monoisotopic (exact) mass is 346 g/mol. The molecule has 0 unspecified atom stereocenters. The van der Waals surface area contributed by atoms with Crippen LogP contribution in [-0.4, -0.2) is 46.5 Å². The van der Waals surface area contributed by atoms with Crippen LogP contribution in [0.15, 0.2) is 0 Å². The number of carbonyl (C=O) groups excluding carboxylic acids is 2. The first-order valence-corrected chi connectivity index (χ1v) is 9.63. The Morgan fingerprint density at radius 3 is 2.44 bits per heavy atom. The van der Waals surface area contributed by atoms with Crippen molar-refractivity contribution in [2.45, 2.75) is 58.8 Å². The number of aromatic nitrogens is 2. The minimum Gasteiger partial charge on any atom is -0.356 e. The number of aromatic amines is 1. The fourth-order valence-electron chi connectivity index (χ4n) is 3.84. The van der Waals surface area contributed by atoms with Crippen LogP contribution >= 0.6 is 0 Å². The number of aryl methyl sites for hydroxylation is 2. The average molecular weight is 346 g/mol. The Labute approximate surface area is 149 Å². The Morgan fingerprint density at radius 2 is 1.88 bits per heavy atom. The smallest absolute Gasteiger partial charge is 0.225 e. The number of piperidine rings is 1. The van der Waals surface area contributed by atoms with E-state index in [0.29, 0.717) is 12.5 Å². The van der Waals surface area contributed by atoms with E-state index < -0.39 is 0 Å². The zero-order valence-electron chi connectivity index (χ0n) is 15.4. The maximum absolute atomic E-state index is 12.3. The molecule has 2 N–H and O–H groups in total. The lowest BCUT2D eigenvalue weighted by Crippen LogP contribution is -2.46. The van der Waals surface area contributed by atoms with Gasteiger partial charge in [-0.15, -0.1) is 0 Å². The maximum atomic E-state index is 12.3. The van der Waals surface area contributed by atoms with Gasteiger partial charge >= 0.3 is 0 Å². The summed E-state index contributed by atoms with van der Waals surface area (Å²) in [5, 5.41) is 10.3. The van der Waals surface area contributed by atoms with Crippen LogP contribution in [0.2, 0.25) is 0 Å². The van der Waals surface area contributed by atoms with Crippen molar-refractivity contribution in [3.8, 4) is 0 Å². The van der Waals surface area contributed by atoms with Crippen LogP contribution in [0.5, 0.6) is 0 Å². The summed E-state index contributed by atoms with van der Waals surface area (Å²) in [4.78, 5) is 26.6. The third-order valence-corrected chi connectivity index (χ3v) is 5.82. The summed E-state index contributed by atoms with van der Waals surface area (Å²) in [6, 6.07) is 0. The van der Waals surface area contributed by atoms with Crippen molar-refractivity contribution >= 4 is 11.8 Å². The summed E-state index contributed by atoms with van der Waals surface area (Å²) >= 11 is 0. The number of nitrogens with one attached hydrogen (secondary N) is 2. The summed E-state index contributed by atoms with van der Waals surface area (Å²) in [5.74, 6) is 0.787. The number of nitrogens with zero attached hydrogens (tertiary/aromatic N) is 2. The van der Waals surface area contributed by atoms with E-state index >= 15 is 0 Å². The van der Waals surface area contributed by atoms with Crippen LogP contribution in [-0.2, 0) is 16.0 Å². The molecule has 0 spiro atoms. The minimum atomic E-state index is 0.0582. The van der Waals surface area contributed by atoms with Gasteiger partial charge in [0.15, 0.2) is 0 Å². The highest BCUT2D eigenvalue weighted by Gasteiger charge is 2.33. The summed E-state index contributed by atoms with van der Waals surface area (Å²) in [6.07, 6.45) is 6.74. The molecule has 1 aliphatic heterocycles. The van der Waals surface area contributed by atoms with Gasteiger partial charge in [-0.05, 0) is 57.9 Å². The van der Waals surface area contributed by atoms with E-state index in [0.717, 1.165) is 63.0 Å². The standard InChI is InChI=1S/C19H30N4O2/c1-13-17(14(2)22-21-13)7-4-10-20-18(24)15-8-11-23(12-9-15)19(25)16-5-3-6-16/h15-16H,3-12H2,1-2H3,(H,20,24)(H,21,22). The lowest BCUT2D eigenvalue weighted by Gasteiger charge is -2.36. The van der Waals surface area contributed by atoms with E-state index in [4.69, 9.17) is 0 Å². The number of hydrogen-bond acceptors (Lipinski definition) is 3. The molecule has 0 aromatic carbocycles. The number of H-pyrrole nitrogens is 1. The molecule has 2 heterocycles. The molecule has 2 aliphatic rings. The van der Waals surface area contributed by atoms with Gasteiger partial charge in [-0.3, -0.25) is 14.7 Å². The van der Waals surface area contributed by atoms with Gasteiger partial charge in [-0.25, -0.2) is 0 Å². The van der Waals surface area contributed by atoms with Gasteiger partial charge in [-0.2, -0.15) is 5.10 Å². The third-order valence-electron chi connectivity index (χ3n) is 5.82. The predicted molar refractivity (Wildman–Crippen MR) is 96.0 cm³/mol. The van der Waals surface area contributed by atoms with Gasteiger partial charge in [0.25, 0.3) is 0 Å². The Kier molecular flexibility index (Phi) is 5.76. The van der Waals surface area contributed by atoms with E-state index in [9.17, 15) is 9.59 Å². The lowest BCUT2D eigenvalue weighted by molar-refractivity contribution is -0.141. The van der Waals surface area contributed by atoms with Crippen molar-refractivity contribution in [3.63, 3.8) is 0 Å². The molecular formula is C19H30N4O2. The molecule has 1 saturated carbocycles. The fraction of sp³-hybridized carbons (Fsp3) is 0.737. The van der Waals surface area contributed by atoms with Crippen LogP contribution in [0, 0.1) is 25.7 Å². The van der Waals surface area contributed by atoms with Gasteiger partial charge in [-0.1, -0.05) is 6.42 Å². The third kappa shape index (κ3) is 4.22. The molecule has 138 valence electrons. The number of hydrogen-bond donors (Lipinski definition) is 2. The Balaban J connectivity index is 1.34. The fourth-order valence-corrected chi connectivity index (χ4v) is 3.84. The minimum absolute atomic E-state index is 0.0582. The van der Waals surface area contributed by atoms with E-state index in [2.05, 4.69) is 15.5 Å². The summed E-state index contributed by atoms with van der Waals surface area (Å²) in [6.45, 7) is 6.22. The van der Waals surface area contributed by atoms with Crippen LogP contribution in [0.3, 0.4) is 0 Å². The van der Waals surface area contributed by atoms with Gasteiger partial charge < -0.3 is 10.2 Å². The van der Waals surface area contributed by atoms with Crippen molar-refractivity contribution in [2.75, 3.05) is 19.6 Å². The van der Waals surface area contributed by atoms with E-state index in [1.807, 2.05) is 18.7 Å². The number of likely N-dealkylation sites (tertiary alicyclic amines) is 1. The molecule has 3 rings (SSSR count). The van der Waals surface area contributed by atoms with Crippen molar-refractivity contribution in [2.24, 2.45) is 11.8 Å². The largest absolute Gasteiger partial charge is 0.356 e. The molecule has 25 heavy (non-hydrogen) atoms. The van der Waals surface area contributed by atoms with Gasteiger partial charge in [0, 0.05) is 37.2 Å². The van der Waals surface area contributed by atoms with E-state index in [-0.39, 0.29) is 17.7 Å². The zero-order chi connectivity index (χ0) is 17.8. The quantitative estimate of drug-likeness (QED) is 0.775. The van der Waals surface area contributed by atoms with Crippen LogP contribution in [0.1, 0.15) is 55.5 Å². The van der Waals surface area contributed by atoms with Crippen LogP contribution in [0.4, 0.5) is 0 Å². The highest BCUT2D eigenvalue weighted by atomic mass is 16.2. The topological polar surface area (TPSA) is 78.1 Å². The molecule has 0 bridgehead atoms. The molecule has 0 atom stereocenters. The second-order valence-corrected chi connectivity index (χ2v) is 7.53. The first-order valence-electron chi connectivity index (χ1n) is 9.63. The predicted octanol–water partition coefficient (Wildman–Crippen LogP) is 2.11. The summed E-state index contributed by atoms with van der Waals surface area (Å²) < 4.78 is 0. The molecule has 6 nitrogen and oxygen atoms in total. The Hall–Kier alpha value is -1.85. The second kappa shape index (κ2) is 8.02. The highest BCUT2D eigenvalue weighted by Crippen LogP contribution is 2.30. The van der Waals surface area contributed by atoms with E-state index in [1.54, 1.807) is 0 Å². The molecule has 1 aromatic heterocycles. The molecule has 2 fully saturated rings. The Morgan fingerprint density at radius 1 is 1.16 bits per heavy atom. The van der Waals surface area contributed by atoms with Crippen LogP contribution < -0.4 is 5.32 Å². The molecule has 1 aliphatic carbocycles. The molecule has 6 heteroatoms. The van der Waals surface area contributed by atoms with Crippen molar-refractivity contribution < 1.29 is 9.59 Å². The maximum Gasteiger partial charge on any atom is 0.225 e. The average Bonchev–Trinajstić information content (AvgIpc) is 2.88. The zero-order valence-corrected chi connectivity index (χ0v) is 15.4. The van der Waals surface area contributed by atoms with Gasteiger partial charge in [0.1, 0.15) is 0 Å². The lowest BCUT2D eigenvalue weighted by atomic mass is 9.83. The molecule has 1 aromatic rings. The normalized spacial score (nSPS) is 18.9. The first kappa shape index (κ1) is 18.0. The van der Waals surface area contributed by atoms with E-state index in [1.165, 1.54) is 12.0 Å². The molecular weight excluding hydrogens is 316 g/mol. The van der Waals surface area contributed by atoms with Crippen molar-refractivity contribution in [1.29, 1.82) is 0 Å². The number of rotatable bonds is 6. The number of amides is 2. The van der Waals surface area contributed by atoms with Crippen molar-refractivity contribution in [1.82, 2.24) is 20.4 Å². The molecule has 2 amide bonds. The first-order chi connectivity index (χ1) is 12.1. The summed E-state index contributed by atoms with van der Waals surface area (Å²) in [5.41, 5.74) is 3.43.